The molecule has 68 valence electrons. The van der Waals surface area contributed by atoms with E-state index in [4.69, 9.17) is 5.73 Å². The van der Waals surface area contributed by atoms with Crippen molar-refractivity contribution in [3.63, 3.8) is 0 Å². The third kappa shape index (κ3) is 1.96. The first-order valence-electron chi connectivity index (χ1n) is 4.32. The van der Waals surface area contributed by atoms with Gasteiger partial charge in [0.15, 0.2) is 0 Å². The van der Waals surface area contributed by atoms with Crippen molar-refractivity contribution in [2.24, 2.45) is 10.7 Å². The van der Waals surface area contributed by atoms with Gasteiger partial charge in [-0.15, -0.1) is 0 Å². The average molecular weight is 174 g/mol. The minimum atomic E-state index is 0.886. The molecule has 13 heavy (non-hydrogen) atoms. The summed E-state index contributed by atoms with van der Waals surface area (Å²) in [5.74, 6) is 0. The van der Waals surface area contributed by atoms with Gasteiger partial charge in [0.2, 0.25) is 0 Å². The van der Waals surface area contributed by atoms with Crippen LogP contribution in [0.25, 0.3) is 0 Å². The molecule has 1 aliphatic rings. The van der Waals surface area contributed by atoms with Crippen molar-refractivity contribution in [2.45, 2.75) is 13.3 Å². The lowest BCUT2D eigenvalue weighted by molar-refractivity contribution is 1.12. The molecule has 0 saturated heterocycles. The van der Waals surface area contributed by atoms with Crippen LogP contribution in [-0.2, 0) is 0 Å². The maximum atomic E-state index is 5.54. The number of allylic oxidation sites excluding steroid dienone is 5. The van der Waals surface area contributed by atoms with Crippen LogP contribution in [0.5, 0.6) is 0 Å². The molecule has 0 aromatic heterocycles. The van der Waals surface area contributed by atoms with Crippen molar-refractivity contribution in [1.82, 2.24) is 0 Å². The fraction of sp³-hybridized carbons (Fsp3) is 0.182. The van der Waals surface area contributed by atoms with Crippen molar-refractivity contribution in [1.29, 1.82) is 0 Å². The Morgan fingerprint density at radius 1 is 1.62 bits per heavy atom. The van der Waals surface area contributed by atoms with Gasteiger partial charge in [0, 0.05) is 18.0 Å². The summed E-state index contributed by atoms with van der Waals surface area (Å²) >= 11 is 0. The molecule has 0 atom stereocenters. The number of hydrogen-bond donors (Lipinski definition) is 1. The van der Waals surface area contributed by atoms with E-state index in [2.05, 4.69) is 24.6 Å². The van der Waals surface area contributed by atoms with Crippen LogP contribution in [0, 0.1) is 0 Å². The van der Waals surface area contributed by atoms with Gasteiger partial charge in [-0.05, 0) is 18.1 Å². The zero-order chi connectivity index (χ0) is 9.68. The number of rotatable bonds is 2. The second kappa shape index (κ2) is 4.45. The quantitative estimate of drug-likeness (QED) is 0.685. The minimum absolute atomic E-state index is 0.886. The maximum Gasteiger partial charge on any atom is 0.0718 e. The van der Waals surface area contributed by atoms with E-state index in [-0.39, 0.29) is 0 Å². The van der Waals surface area contributed by atoms with Crippen LogP contribution in [0.1, 0.15) is 13.3 Å². The Morgan fingerprint density at radius 3 is 2.92 bits per heavy atom. The van der Waals surface area contributed by atoms with Gasteiger partial charge < -0.3 is 5.73 Å². The van der Waals surface area contributed by atoms with Gasteiger partial charge in [0.25, 0.3) is 0 Å². The molecule has 0 spiro atoms. The van der Waals surface area contributed by atoms with E-state index < -0.39 is 0 Å². The second-order valence-corrected chi connectivity index (χ2v) is 2.68. The van der Waals surface area contributed by atoms with E-state index in [0.29, 0.717) is 0 Å². The Hall–Kier alpha value is -1.57. The lowest BCUT2D eigenvalue weighted by atomic mass is 9.95. The van der Waals surface area contributed by atoms with Crippen LogP contribution in [0.4, 0.5) is 0 Å². The molecule has 0 unspecified atom stereocenters. The molecule has 0 radical (unpaired) electrons. The Balaban J connectivity index is 3.07. The SMILES string of the molecule is C=C/N=C1/C=CC=C(CC)/C1=C/N. The van der Waals surface area contributed by atoms with E-state index >= 15 is 0 Å². The summed E-state index contributed by atoms with van der Waals surface area (Å²) in [6.45, 7) is 5.66. The Bertz CT molecular complexity index is 317. The number of hydrogen-bond acceptors (Lipinski definition) is 2. The summed E-state index contributed by atoms with van der Waals surface area (Å²) in [7, 11) is 0. The maximum absolute atomic E-state index is 5.54. The molecule has 1 aliphatic carbocycles. The van der Waals surface area contributed by atoms with Crippen LogP contribution in [0.15, 0.2) is 53.3 Å². The smallest absolute Gasteiger partial charge is 0.0718 e. The monoisotopic (exact) mass is 174 g/mol. The van der Waals surface area contributed by atoms with Gasteiger partial charge in [-0.3, -0.25) is 4.99 Å². The van der Waals surface area contributed by atoms with Crippen LogP contribution in [0.3, 0.4) is 0 Å². The topological polar surface area (TPSA) is 38.4 Å². The molecule has 1 rings (SSSR count). The average Bonchev–Trinajstić information content (AvgIpc) is 2.18. The van der Waals surface area contributed by atoms with Gasteiger partial charge in [0.05, 0.1) is 5.71 Å². The first kappa shape index (κ1) is 9.52. The van der Waals surface area contributed by atoms with E-state index in [1.54, 1.807) is 6.20 Å². The first-order valence-corrected chi connectivity index (χ1v) is 4.32. The molecule has 2 N–H and O–H groups in total. The summed E-state index contributed by atoms with van der Waals surface area (Å²) in [5, 5.41) is 0. The van der Waals surface area contributed by atoms with Gasteiger partial charge in [0.1, 0.15) is 0 Å². The fourth-order valence-corrected chi connectivity index (χ4v) is 1.31. The van der Waals surface area contributed by atoms with Crippen molar-refractivity contribution >= 4 is 5.71 Å². The molecule has 2 heteroatoms. The third-order valence-electron chi connectivity index (χ3n) is 1.95. The molecular formula is C11H14N2. The summed E-state index contributed by atoms with van der Waals surface area (Å²) in [4.78, 5) is 4.14. The summed E-state index contributed by atoms with van der Waals surface area (Å²) in [5.41, 5.74) is 8.64. The van der Waals surface area contributed by atoms with Gasteiger partial charge in [-0.2, -0.15) is 0 Å². The largest absolute Gasteiger partial charge is 0.404 e. The van der Waals surface area contributed by atoms with E-state index in [0.717, 1.165) is 17.7 Å². The van der Waals surface area contributed by atoms with Crippen molar-refractivity contribution in [3.8, 4) is 0 Å². The summed E-state index contributed by atoms with van der Waals surface area (Å²) in [6.07, 6.45) is 10.1. The van der Waals surface area contributed by atoms with E-state index in [9.17, 15) is 0 Å². The van der Waals surface area contributed by atoms with Crippen LogP contribution in [0.2, 0.25) is 0 Å². The molecule has 0 aromatic rings. The van der Waals surface area contributed by atoms with Crippen LogP contribution in [-0.4, -0.2) is 5.71 Å². The van der Waals surface area contributed by atoms with Gasteiger partial charge in [-0.25, -0.2) is 0 Å². The highest BCUT2D eigenvalue weighted by molar-refractivity contribution is 6.12. The molecule has 0 bridgehead atoms. The Kier molecular flexibility index (Phi) is 3.26. The van der Waals surface area contributed by atoms with Crippen molar-refractivity contribution < 1.29 is 0 Å². The standard InChI is InChI=1S/C11H14N2/c1-3-9-6-5-7-11(13-4-2)10(9)8-12/h4-8H,2-3,12H2,1H3/b10-8-,13-11-. The Labute approximate surface area is 78.9 Å². The number of aliphatic imine (C=N–C) groups is 1. The van der Waals surface area contributed by atoms with Crippen molar-refractivity contribution in [2.75, 3.05) is 0 Å². The molecule has 2 nitrogen and oxygen atoms in total. The number of nitrogens with two attached hydrogens (primary N) is 1. The highest BCUT2D eigenvalue weighted by Gasteiger charge is 2.10. The second-order valence-electron chi connectivity index (χ2n) is 2.68. The predicted octanol–water partition coefficient (Wildman–Crippen LogP) is 2.32. The fourth-order valence-electron chi connectivity index (χ4n) is 1.31. The third-order valence-corrected chi connectivity index (χ3v) is 1.95. The molecule has 0 aromatic carbocycles. The van der Waals surface area contributed by atoms with E-state index in [1.165, 1.54) is 11.8 Å². The summed E-state index contributed by atoms with van der Waals surface area (Å²) < 4.78 is 0. The molecule has 0 heterocycles. The van der Waals surface area contributed by atoms with E-state index in [1.807, 2.05) is 12.2 Å². The summed E-state index contributed by atoms with van der Waals surface area (Å²) in [6, 6.07) is 0. The Morgan fingerprint density at radius 2 is 2.38 bits per heavy atom. The molecule has 0 saturated carbocycles. The lowest BCUT2D eigenvalue weighted by Gasteiger charge is -2.12. The van der Waals surface area contributed by atoms with Gasteiger partial charge >= 0.3 is 0 Å². The minimum Gasteiger partial charge on any atom is -0.404 e. The zero-order valence-electron chi connectivity index (χ0n) is 7.83. The first-order chi connectivity index (χ1) is 6.33. The molecule has 0 aliphatic heterocycles. The van der Waals surface area contributed by atoms with Crippen LogP contribution >= 0.6 is 0 Å². The van der Waals surface area contributed by atoms with Gasteiger partial charge in [-0.1, -0.05) is 25.7 Å². The molecule has 0 amide bonds. The highest BCUT2D eigenvalue weighted by atomic mass is 14.7. The molecular weight excluding hydrogens is 160 g/mol. The zero-order valence-corrected chi connectivity index (χ0v) is 7.83. The normalized spacial score (nSPS) is 22.1. The molecule has 0 fully saturated rings. The highest BCUT2D eigenvalue weighted by Crippen LogP contribution is 2.19. The van der Waals surface area contributed by atoms with Crippen molar-refractivity contribution in [3.05, 3.63) is 48.4 Å². The number of nitrogens with zero attached hydrogens (tertiary/aromatic N) is 1. The predicted molar refractivity (Wildman–Crippen MR) is 57.4 cm³/mol. The lowest BCUT2D eigenvalue weighted by Crippen LogP contribution is -2.07. The van der Waals surface area contributed by atoms with Crippen LogP contribution < -0.4 is 5.73 Å².